The van der Waals surface area contributed by atoms with Gasteiger partial charge < -0.3 is 9.64 Å². The van der Waals surface area contributed by atoms with E-state index in [4.69, 9.17) is 4.74 Å². The van der Waals surface area contributed by atoms with E-state index in [0.29, 0.717) is 5.75 Å². The van der Waals surface area contributed by atoms with Crippen molar-refractivity contribution in [1.82, 2.24) is 4.90 Å². The fourth-order valence-electron chi connectivity index (χ4n) is 2.27. The van der Waals surface area contributed by atoms with Crippen LogP contribution in [0.25, 0.3) is 0 Å². The van der Waals surface area contributed by atoms with Crippen molar-refractivity contribution in [1.29, 1.82) is 0 Å². The molecule has 0 radical (unpaired) electrons. The molecule has 0 aliphatic carbocycles. The van der Waals surface area contributed by atoms with Gasteiger partial charge in [-0.25, -0.2) is 9.38 Å². The van der Waals surface area contributed by atoms with Crippen molar-refractivity contribution in [2.75, 3.05) is 13.1 Å². The summed E-state index contributed by atoms with van der Waals surface area (Å²) in [5.41, 5.74) is 2.90. The molecule has 0 atom stereocenters. The Morgan fingerprint density at radius 2 is 1.79 bits per heavy atom. The van der Waals surface area contributed by atoms with Crippen molar-refractivity contribution in [3.8, 4) is 11.5 Å². The van der Waals surface area contributed by atoms with Crippen LogP contribution in [0.5, 0.6) is 11.5 Å². The molecule has 0 aliphatic rings. The molecule has 0 aliphatic heterocycles. The number of rotatable bonds is 6. The minimum Gasteiger partial charge on any atom is -0.457 e. The van der Waals surface area contributed by atoms with Gasteiger partial charge in [-0.15, -0.1) is 0 Å². The molecule has 0 heterocycles. The SMILES string of the molecule is CCN(/C=N/c1cc(C)c(Oc2cc(F)cc(I)c2)cc1C)CC. The van der Waals surface area contributed by atoms with E-state index in [1.807, 2.05) is 38.4 Å². The lowest BCUT2D eigenvalue weighted by molar-refractivity contribution is 0.472. The van der Waals surface area contributed by atoms with Crippen molar-refractivity contribution >= 4 is 34.6 Å². The van der Waals surface area contributed by atoms with Crippen LogP contribution in [0.4, 0.5) is 10.1 Å². The summed E-state index contributed by atoms with van der Waals surface area (Å²) < 4.78 is 20.2. The predicted molar refractivity (Wildman–Crippen MR) is 106 cm³/mol. The molecular weight excluding hydrogens is 418 g/mol. The Bertz CT molecular complexity index is 722. The zero-order valence-corrected chi connectivity index (χ0v) is 16.6. The van der Waals surface area contributed by atoms with Crippen LogP contribution in [0.2, 0.25) is 0 Å². The van der Waals surface area contributed by atoms with Crippen LogP contribution in [-0.4, -0.2) is 24.3 Å². The molecule has 0 unspecified atom stereocenters. The zero-order chi connectivity index (χ0) is 17.7. The molecule has 0 N–H and O–H groups in total. The molecule has 0 fully saturated rings. The summed E-state index contributed by atoms with van der Waals surface area (Å²) >= 11 is 2.07. The third kappa shape index (κ3) is 4.93. The topological polar surface area (TPSA) is 24.8 Å². The van der Waals surface area contributed by atoms with Gasteiger partial charge in [0.2, 0.25) is 0 Å². The second-order valence-corrected chi connectivity index (χ2v) is 6.82. The average molecular weight is 440 g/mol. The van der Waals surface area contributed by atoms with Gasteiger partial charge in [-0.2, -0.15) is 0 Å². The number of ether oxygens (including phenoxy) is 1. The van der Waals surface area contributed by atoms with Crippen molar-refractivity contribution in [3.05, 3.63) is 50.8 Å². The third-order valence-electron chi connectivity index (χ3n) is 3.73. The lowest BCUT2D eigenvalue weighted by Gasteiger charge is -2.15. The molecule has 128 valence electrons. The largest absolute Gasteiger partial charge is 0.457 e. The third-order valence-corrected chi connectivity index (χ3v) is 4.35. The standard InChI is InChI=1S/C19H22FIN2O/c1-5-23(6-2)12-22-18-7-14(4)19(8-13(18)3)24-17-10-15(20)9-16(21)11-17/h7-12H,5-6H2,1-4H3/b22-12+. The average Bonchev–Trinajstić information content (AvgIpc) is 2.51. The number of aliphatic imine (C=N–C) groups is 1. The minimum absolute atomic E-state index is 0.299. The van der Waals surface area contributed by atoms with Crippen LogP contribution in [0.15, 0.2) is 35.3 Å². The van der Waals surface area contributed by atoms with E-state index in [-0.39, 0.29) is 5.82 Å². The molecular formula is C19H22FIN2O. The Morgan fingerprint density at radius 3 is 2.42 bits per heavy atom. The van der Waals surface area contributed by atoms with Crippen molar-refractivity contribution in [2.24, 2.45) is 4.99 Å². The second-order valence-electron chi connectivity index (χ2n) is 5.58. The van der Waals surface area contributed by atoms with E-state index in [2.05, 4.69) is 46.3 Å². The molecule has 3 nitrogen and oxygen atoms in total. The summed E-state index contributed by atoms with van der Waals surface area (Å²) in [6.45, 7) is 10.0. The van der Waals surface area contributed by atoms with Gasteiger partial charge in [0.1, 0.15) is 17.3 Å². The monoisotopic (exact) mass is 440 g/mol. The van der Waals surface area contributed by atoms with Crippen LogP contribution < -0.4 is 4.74 Å². The molecule has 5 heteroatoms. The van der Waals surface area contributed by atoms with Crippen molar-refractivity contribution in [3.63, 3.8) is 0 Å². The van der Waals surface area contributed by atoms with E-state index in [1.165, 1.54) is 12.1 Å². The van der Waals surface area contributed by atoms with Crippen molar-refractivity contribution < 1.29 is 9.13 Å². The number of benzene rings is 2. The molecule has 2 aromatic rings. The Labute approximate surface area is 156 Å². The maximum atomic E-state index is 13.5. The maximum Gasteiger partial charge on any atom is 0.131 e. The van der Waals surface area contributed by atoms with Crippen LogP contribution >= 0.6 is 22.6 Å². The summed E-state index contributed by atoms with van der Waals surface area (Å²) in [4.78, 5) is 6.70. The fraction of sp³-hybridized carbons (Fsp3) is 0.316. The van der Waals surface area contributed by atoms with E-state index in [0.717, 1.165) is 39.2 Å². The highest BCUT2D eigenvalue weighted by molar-refractivity contribution is 14.1. The van der Waals surface area contributed by atoms with Gasteiger partial charge >= 0.3 is 0 Å². The fourth-order valence-corrected chi connectivity index (χ4v) is 2.87. The van der Waals surface area contributed by atoms with Crippen molar-refractivity contribution in [2.45, 2.75) is 27.7 Å². The first kappa shape index (κ1) is 18.7. The van der Waals surface area contributed by atoms with Gasteiger partial charge in [0.05, 0.1) is 12.0 Å². The van der Waals surface area contributed by atoms with Gasteiger partial charge in [-0.1, -0.05) is 0 Å². The number of hydrogen-bond acceptors (Lipinski definition) is 2. The first-order chi connectivity index (χ1) is 11.4. The number of nitrogens with zero attached hydrogens (tertiary/aromatic N) is 2. The molecule has 0 saturated carbocycles. The molecule has 2 aromatic carbocycles. The molecule has 2 rings (SSSR count). The first-order valence-corrected chi connectivity index (χ1v) is 9.04. The van der Waals surface area contributed by atoms with Gasteiger partial charge in [0.15, 0.2) is 0 Å². The summed E-state index contributed by atoms with van der Waals surface area (Å²) in [5, 5.41) is 0. The van der Waals surface area contributed by atoms with Gasteiger partial charge in [0.25, 0.3) is 0 Å². The zero-order valence-electron chi connectivity index (χ0n) is 14.4. The van der Waals surface area contributed by atoms with E-state index >= 15 is 0 Å². The summed E-state index contributed by atoms with van der Waals surface area (Å²) in [6.07, 6.45) is 1.87. The number of hydrogen-bond donors (Lipinski definition) is 0. The number of aryl methyl sites for hydroxylation is 2. The van der Waals surface area contributed by atoms with Crippen LogP contribution in [0, 0.1) is 23.2 Å². The molecule has 0 saturated heterocycles. The predicted octanol–water partition coefficient (Wildman–Crippen LogP) is 5.84. The van der Waals surface area contributed by atoms with Gasteiger partial charge in [-0.3, -0.25) is 0 Å². The Balaban J connectivity index is 2.26. The molecule has 0 amide bonds. The molecule has 24 heavy (non-hydrogen) atoms. The lowest BCUT2D eigenvalue weighted by Crippen LogP contribution is -2.20. The smallest absolute Gasteiger partial charge is 0.131 e. The summed E-state index contributed by atoms with van der Waals surface area (Å²) in [5.74, 6) is 0.920. The summed E-state index contributed by atoms with van der Waals surface area (Å²) in [7, 11) is 0. The quantitative estimate of drug-likeness (QED) is 0.320. The highest BCUT2D eigenvalue weighted by Gasteiger charge is 2.08. The van der Waals surface area contributed by atoms with Gasteiger partial charge in [-0.05, 0) is 85.7 Å². The highest BCUT2D eigenvalue weighted by atomic mass is 127. The maximum absolute atomic E-state index is 13.5. The Hall–Kier alpha value is -1.63. The van der Waals surface area contributed by atoms with Crippen LogP contribution in [0.1, 0.15) is 25.0 Å². The number of halogens is 2. The van der Waals surface area contributed by atoms with Crippen LogP contribution in [-0.2, 0) is 0 Å². The second kappa shape index (κ2) is 8.46. The minimum atomic E-state index is -0.299. The highest BCUT2D eigenvalue weighted by Crippen LogP contribution is 2.32. The Kier molecular flexibility index (Phi) is 6.60. The Morgan fingerprint density at radius 1 is 1.08 bits per heavy atom. The lowest BCUT2D eigenvalue weighted by atomic mass is 10.1. The molecule has 0 aromatic heterocycles. The summed E-state index contributed by atoms with van der Waals surface area (Å²) in [6, 6.07) is 8.61. The molecule has 0 spiro atoms. The van der Waals surface area contributed by atoms with Gasteiger partial charge in [0, 0.05) is 22.7 Å². The van der Waals surface area contributed by atoms with Crippen LogP contribution in [0.3, 0.4) is 0 Å². The van der Waals surface area contributed by atoms with E-state index < -0.39 is 0 Å². The first-order valence-electron chi connectivity index (χ1n) is 7.96. The van der Waals surface area contributed by atoms with E-state index in [1.54, 1.807) is 0 Å². The van der Waals surface area contributed by atoms with E-state index in [9.17, 15) is 4.39 Å². The molecule has 0 bridgehead atoms. The normalized spacial score (nSPS) is 11.1.